The zero-order valence-electron chi connectivity index (χ0n) is 9.94. The maximum atomic E-state index is 13.0. The summed E-state index contributed by atoms with van der Waals surface area (Å²) in [5, 5.41) is 11.9. The van der Waals surface area contributed by atoms with Crippen molar-refractivity contribution >= 4 is 11.6 Å². The van der Waals surface area contributed by atoms with Gasteiger partial charge in [0.25, 0.3) is 0 Å². The van der Waals surface area contributed by atoms with Crippen LogP contribution in [0, 0.1) is 0 Å². The minimum atomic E-state index is -4.49. The third kappa shape index (κ3) is 2.91. The van der Waals surface area contributed by atoms with Crippen LogP contribution < -0.4 is 10.2 Å². The van der Waals surface area contributed by atoms with Crippen molar-refractivity contribution in [2.45, 2.75) is 18.6 Å². The number of phenolic OH excluding ortho intramolecular Hbond substituents is 1. The van der Waals surface area contributed by atoms with Crippen molar-refractivity contribution in [3.05, 3.63) is 24.3 Å². The Kier molecular flexibility index (Phi) is 3.55. The molecule has 4 nitrogen and oxygen atoms in total. The second kappa shape index (κ2) is 4.99. The second-order valence-electron chi connectivity index (χ2n) is 4.29. The molecule has 2 N–H and O–H groups in total. The lowest BCUT2D eigenvalue weighted by molar-refractivity contribution is -0.147. The number of hydrogen-bond acceptors (Lipinski definition) is 3. The molecule has 1 unspecified atom stereocenters. The lowest BCUT2D eigenvalue weighted by Gasteiger charge is -2.33. The molecule has 19 heavy (non-hydrogen) atoms. The highest BCUT2D eigenvalue weighted by atomic mass is 19.4. The summed E-state index contributed by atoms with van der Waals surface area (Å²) in [4.78, 5) is 12.3. The number of nitrogens with one attached hydrogen (secondary N) is 1. The summed E-state index contributed by atoms with van der Waals surface area (Å²) >= 11 is 0. The molecule has 1 fully saturated rings. The Morgan fingerprint density at radius 1 is 1.32 bits per heavy atom. The normalized spacial score (nSPS) is 20.9. The van der Waals surface area contributed by atoms with E-state index in [0.717, 1.165) is 4.90 Å². The first-order valence-electron chi connectivity index (χ1n) is 5.77. The monoisotopic (exact) mass is 274 g/mol. The van der Waals surface area contributed by atoms with Crippen LogP contribution in [0.3, 0.4) is 0 Å². The molecule has 0 aromatic heterocycles. The van der Waals surface area contributed by atoms with Crippen molar-refractivity contribution in [3.8, 4) is 5.75 Å². The van der Waals surface area contributed by atoms with Gasteiger partial charge >= 0.3 is 6.18 Å². The zero-order chi connectivity index (χ0) is 14.0. The minimum Gasteiger partial charge on any atom is -0.506 e. The predicted octanol–water partition coefficient (Wildman–Crippen LogP) is 1.65. The minimum absolute atomic E-state index is 0.0408. The van der Waals surface area contributed by atoms with Gasteiger partial charge in [-0.3, -0.25) is 4.79 Å². The van der Waals surface area contributed by atoms with Gasteiger partial charge in [-0.15, -0.1) is 0 Å². The number of para-hydroxylation sites is 2. The quantitative estimate of drug-likeness (QED) is 0.818. The summed E-state index contributed by atoms with van der Waals surface area (Å²) in [6.45, 7) is -0.607. The molecule has 1 aromatic carbocycles. The number of phenols is 1. The van der Waals surface area contributed by atoms with Gasteiger partial charge in [-0.2, -0.15) is 13.2 Å². The van der Waals surface area contributed by atoms with Crippen LogP contribution in [-0.4, -0.2) is 36.3 Å². The second-order valence-corrected chi connectivity index (χ2v) is 4.29. The highest BCUT2D eigenvalue weighted by Gasteiger charge is 2.45. The van der Waals surface area contributed by atoms with Gasteiger partial charge in [0.1, 0.15) is 11.8 Å². The van der Waals surface area contributed by atoms with Crippen LogP contribution in [0.2, 0.25) is 0 Å². The Balaban J connectivity index is 2.38. The number of nitrogens with zero attached hydrogens (tertiary/aromatic N) is 1. The Bertz CT molecular complexity index is 476. The maximum Gasteiger partial charge on any atom is 0.410 e. The summed E-state index contributed by atoms with van der Waals surface area (Å²) in [6.07, 6.45) is -4.53. The summed E-state index contributed by atoms with van der Waals surface area (Å²) in [6, 6.07) is 3.96. The Morgan fingerprint density at radius 2 is 2.00 bits per heavy atom. The fraction of sp³-hybridized carbons (Fsp3) is 0.417. The number of amides is 1. The van der Waals surface area contributed by atoms with Crippen LogP contribution in [0.1, 0.15) is 6.42 Å². The topological polar surface area (TPSA) is 52.6 Å². The highest BCUT2D eigenvalue weighted by Crippen LogP contribution is 2.34. The number of aromatic hydroxyl groups is 1. The van der Waals surface area contributed by atoms with E-state index in [1.807, 2.05) is 0 Å². The van der Waals surface area contributed by atoms with E-state index in [0.29, 0.717) is 0 Å². The molecule has 7 heteroatoms. The largest absolute Gasteiger partial charge is 0.506 e. The fourth-order valence-corrected chi connectivity index (χ4v) is 2.07. The smallest absolute Gasteiger partial charge is 0.410 e. The maximum absolute atomic E-state index is 13.0. The lowest BCUT2D eigenvalue weighted by atomic mass is 10.2. The molecule has 1 aliphatic heterocycles. The van der Waals surface area contributed by atoms with Crippen molar-refractivity contribution < 1.29 is 23.1 Å². The van der Waals surface area contributed by atoms with Gasteiger partial charge in [-0.25, -0.2) is 0 Å². The van der Waals surface area contributed by atoms with Crippen molar-refractivity contribution in [2.24, 2.45) is 0 Å². The molecule has 0 radical (unpaired) electrons. The molecule has 1 aromatic rings. The zero-order valence-corrected chi connectivity index (χ0v) is 9.94. The first-order valence-corrected chi connectivity index (χ1v) is 5.77. The van der Waals surface area contributed by atoms with Gasteiger partial charge in [0.2, 0.25) is 5.91 Å². The van der Waals surface area contributed by atoms with Gasteiger partial charge in [0.05, 0.1) is 5.69 Å². The first-order chi connectivity index (χ1) is 8.89. The van der Waals surface area contributed by atoms with Crippen molar-refractivity contribution in [2.75, 3.05) is 18.0 Å². The van der Waals surface area contributed by atoms with Gasteiger partial charge in [0, 0.05) is 19.5 Å². The predicted molar refractivity (Wildman–Crippen MR) is 62.9 cm³/mol. The molecule has 1 atom stereocenters. The van der Waals surface area contributed by atoms with Crippen molar-refractivity contribution in [1.82, 2.24) is 5.32 Å². The molecular weight excluding hydrogens is 261 g/mol. The van der Waals surface area contributed by atoms with E-state index in [2.05, 4.69) is 5.32 Å². The van der Waals surface area contributed by atoms with Gasteiger partial charge < -0.3 is 15.3 Å². The molecule has 0 bridgehead atoms. The first kappa shape index (κ1) is 13.5. The Labute approximate surface area is 107 Å². The number of hydrogen-bond donors (Lipinski definition) is 2. The number of rotatable bonds is 1. The highest BCUT2D eigenvalue weighted by molar-refractivity contribution is 5.77. The summed E-state index contributed by atoms with van der Waals surface area (Å²) < 4.78 is 39.1. The van der Waals surface area contributed by atoms with E-state index in [4.69, 9.17) is 0 Å². The van der Waals surface area contributed by atoms with E-state index in [1.54, 1.807) is 6.07 Å². The molecule has 2 rings (SSSR count). The van der Waals surface area contributed by atoms with Crippen LogP contribution in [0.5, 0.6) is 5.75 Å². The summed E-state index contributed by atoms with van der Waals surface area (Å²) in [5.74, 6) is -0.654. The van der Waals surface area contributed by atoms with Crippen molar-refractivity contribution in [1.29, 1.82) is 0 Å². The van der Waals surface area contributed by atoms with Gasteiger partial charge in [0.15, 0.2) is 0 Å². The molecular formula is C12H13F3N2O2. The van der Waals surface area contributed by atoms with E-state index in [-0.39, 0.29) is 24.4 Å². The average molecular weight is 274 g/mol. The molecule has 0 aliphatic carbocycles. The van der Waals surface area contributed by atoms with Crippen LogP contribution in [0.4, 0.5) is 18.9 Å². The molecule has 0 saturated carbocycles. The molecule has 1 saturated heterocycles. The summed E-state index contributed by atoms with van der Waals surface area (Å²) in [7, 11) is 0. The molecule has 1 amide bonds. The Hall–Kier alpha value is -1.92. The van der Waals surface area contributed by atoms with Crippen LogP contribution in [0.25, 0.3) is 0 Å². The average Bonchev–Trinajstić information content (AvgIpc) is 2.51. The fourth-order valence-electron chi connectivity index (χ4n) is 2.07. The van der Waals surface area contributed by atoms with E-state index >= 15 is 0 Å². The third-order valence-corrected chi connectivity index (χ3v) is 3.02. The number of carbonyl (C=O) groups is 1. The number of halogens is 3. The van der Waals surface area contributed by atoms with Crippen molar-refractivity contribution in [3.63, 3.8) is 0 Å². The van der Waals surface area contributed by atoms with E-state index in [9.17, 15) is 23.1 Å². The van der Waals surface area contributed by atoms with Gasteiger partial charge in [-0.05, 0) is 12.1 Å². The molecule has 104 valence electrons. The van der Waals surface area contributed by atoms with Crippen LogP contribution in [0.15, 0.2) is 24.3 Å². The lowest BCUT2D eigenvalue weighted by Crippen LogP contribution is -2.50. The third-order valence-electron chi connectivity index (χ3n) is 3.02. The molecule has 0 spiro atoms. The number of alkyl halides is 3. The molecule has 1 heterocycles. The van der Waals surface area contributed by atoms with Gasteiger partial charge in [-0.1, -0.05) is 12.1 Å². The van der Waals surface area contributed by atoms with E-state index < -0.39 is 24.7 Å². The Morgan fingerprint density at radius 3 is 2.63 bits per heavy atom. The summed E-state index contributed by atoms with van der Waals surface area (Å²) in [5.41, 5.74) is 0.0846. The number of benzene rings is 1. The van der Waals surface area contributed by atoms with Crippen LogP contribution >= 0.6 is 0 Å². The number of anilines is 1. The SMILES string of the molecule is O=C1CCN(c2ccccc2O)C(C(F)(F)F)CN1. The van der Waals surface area contributed by atoms with E-state index in [1.165, 1.54) is 18.2 Å². The van der Waals surface area contributed by atoms with Crippen LogP contribution in [-0.2, 0) is 4.79 Å². The number of carbonyl (C=O) groups excluding carboxylic acids is 1. The molecule has 1 aliphatic rings. The standard InChI is InChI=1S/C12H13F3N2O2/c13-12(14,15)10-7-16-11(19)5-6-17(10)8-3-1-2-4-9(8)18/h1-4,10,18H,5-7H2,(H,16,19).